The van der Waals surface area contributed by atoms with E-state index in [1.165, 1.54) is 104 Å². The molecule has 7 heteroatoms. The summed E-state index contributed by atoms with van der Waals surface area (Å²) in [5.74, 6) is 4.57. The molecule has 13 aromatic rings. The standard InChI is InChI=1S/C22H20O.C21H18O.C21H24O.C18H18O.C17H22O.C15H14O2/c1-2-7-17-14-16-10-6-13-20(21(16)22(17)23)19-12-5-9-15-8-3-4-11-18(15)19;1-2-14-13-16-9-6-12-19(20(16)21(14)22)18-11-5-8-15-7-3-4-10-17(15)18;1-5-14-13-16-7-6-8-18(19(16)20(14)22)15-9-11-17(12-10-15)21(2,3)4;1-2-7-15-12-14-10-6-11-16(17(14)18(15)19)13-8-4-3-5-9-13;1-2-12-11-14-9-6-10-15(16(14)17(12)18)13-7-4-3-5-8-13;1-2-10-9-11-5-3-6-12(14(11)15(10)16)13-7-4-8-17-13/h3-6,8-13,17H,2,7,14H2,1H3;3-12,14H,2,13H2,1H3;6-12,14H,5,13H2,1-4H3;3-6,8-11,15H,2,7,12H2,1H3;6,9-10,12-13H,2-5,7-8,11H2,1H3;3-8,10H,2,9H2,1H3. The van der Waals surface area contributed by atoms with Gasteiger partial charge in [-0.2, -0.15) is 0 Å². The molecule has 12 aromatic carbocycles. The van der Waals surface area contributed by atoms with Gasteiger partial charge in [0.15, 0.2) is 34.7 Å². The van der Waals surface area contributed by atoms with Crippen LogP contribution in [0.25, 0.3) is 77.4 Å². The fraction of sp³-hybridized carbons (Fsp3) is 0.316. The van der Waals surface area contributed by atoms with Gasteiger partial charge in [-0.3, -0.25) is 28.8 Å². The molecule has 7 nitrogen and oxygen atoms in total. The second-order valence-electron chi connectivity index (χ2n) is 35.4. The molecule has 1 heterocycles. The number of furan rings is 1. The molecule has 7 aliphatic carbocycles. The van der Waals surface area contributed by atoms with Crippen LogP contribution in [0.2, 0.25) is 0 Å². The van der Waals surface area contributed by atoms with Gasteiger partial charge in [-0.25, -0.2) is 0 Å². The third kappa shape index (κ3) is 17.7. The number of ketones is 6. The van der Waals surface area contributed by atoms with Gasteiger partial charge in [0.25, 0.3) is 0 Å². The fourth-order valence-corrected chi connectivity index (χ4v) is 20.3. The predicted octanol–water partition coefficient (Wildman–Crippen LogP) is 29.1. The average Bonchev–Trinajstić information content (AvgIpc) is 1.72. The van der Waals surface area contributed by atoms with Gasteiger partial charge in [-0.15, -0.1) is 0 Å². The molecule has 0 saturated heterocycles. The molecule has 0 N–H and O–H groups in total. The molecule has 7 aliphatic rings. The maximum absolute atomic E-state index is 12.9. The molecular formula is C114H116O7. The lowest BCUT2D eigenvalue weighted by atomic mass is 9.81. The molecule has 0 spiro atoms. The highest BCUT2D eigenvalue weighted by Crippen LogP contribution is 2.46. The third-order valence-electron chi connectivity index (χ3n) is 26.8. The van der Waals surface area contributed by atoms with Gasteiger partial charge in [0.1, 0.15) is 5.76 Å². The highest BCUT2D eigenvalue weighted by Gasteiger charge is 2.38. The Morgan fingerprint density at radius 2 is 0.620 bits per heavy atom. The zero-order valence-corrected chi connectivity index (χ0v) is 72.2. The second kappa shape index (κ2) is 38.0. The number of rotatable bonds is 14. The smallest absolute Gasteiger partial charge is 0.167 e. The number of carbonyl (C=O) groups excluding carboxylic acids is 6. The molecule has 6 atom stereocenters. The number of hydrogen-bond donors (Lipinski definition) is 0. The highest BCUT2D eigenvalue weighted by molar-refractivity contribution is 6.13. The van der Waals surface area contributed by atoms with Crippen molar-refractivity contribution < 1.29 is 33.2 Å². The summed E-state index contributed by atoms with van der Waals surface area (Å²) in [6.07, 6.45) is 21.6. The van der Waals surface area contributed by atoms with Crippen LogP contribution in [0.1, 0.15) is 258 Å². The average molecular weight is 1600 g/mol. The minimum Gasteiger partial charge on any atom is -0.464 e. The molecule has 0 amide bonds. The van der Waals surface area contributed by atoms with Crippen molar-refractivity contribution in [1.29, 1.82) is 0 Å². The van der Waals surface area contributed by atoms with Crippen LogP contribution in [0, 0.1) is 35.5 Å². The quantitative estimate of drug-likeness (QED) is 0.106. The van der Waals surface area contributed by atoms with Crippen molar-refractivity contribution >= 4 is 56.2 Å². The fourth-order valence-electron chi connectivity index (χ4n) is 20.3. The van der Waals surface area contributed by atoms with E-state index in [-0.39, 0.29) is 46.7 Å². The highest BCUT2D eigenvalue weighted by atomic mass is 16.3. The van der Waals surface area contributed by atoms with E-state index in [2.05, 4.69) is 281 Å². The van der Waals surface area contributed by atoms with Crippen LogP contribution in [0.5, 0.6) is 0 Å². The summed E-state index contributed by atoms with van der Waals surface area (Å²) in [7, 11) is 0. The molecular weight excluding hydrogens is 1480 g/mol. The Balaban J connectivity index is 0.000000113. The molecule has 0 aliphatic heterocycles. The summed E-state index contributed by atoms with van der Waals surface area (Å²) >= 11 is 0. The van der Waals surface area contributed by atoms with Gasteiger partial charge >= 0.3 is 0 Å². The van der Waals surface area contributed by atoms with Crippen molar-refractivity contribution in [2.45, 2.75) is 196 Å². The minimum atomic E-state index is 0.153. The van der Waals surface area contributed by atoms with Crippen molar-refractivity contribution in [3.05, 3.63) is 345 Å². The van der Waals surface area contributed by atoms with Crippen molar-refractivity contribution in [3.8, 4) is 55.8 Å². The maximum atomic E-state index is 12.9. The molecule has 1 aromatic heterocycles. The second-order valence-corrected chi connectivity index (χ2v) is 35.4. The Kier molecular flexibility index (Phi) is 26.6. The Morgan fingerprint density at radius 3 is 1.03 bits per heavy atom. The first-order valence-electron chi connectivity index (χ1n) is 45.1. The van der Waals surface area contributed by atoms with Crippen molar-refractivity contribution in [3.63, 3.8) is 0 Å². The summed E-state index contributed by atoms with van der Waals surface area (Å²) in [5.41, 5.74) is 26.0. The van der Waals surface area contributed by atoms with E-state index in [9.17, 15) is 28.8 Å². The van der Waals surface area contributed by atoms with Crippen LogP contribution >= 0.6 is 0 Å². The van der Waals surface area contributed by atoms with Crippen molar-refractivity contribution in [2.75, 3.05) is 0 Å². The zero-order chi connectivity index (χ0) is 84.4. The van der Waals surface area contributed by atoms with Crippen LogP contribution in [-0.2, 0) is 43.9 Å². The molecule has 0 radical (unpaired) electrons. The maximum Gasteiger partial charge on any atom is 0.167 e. The van der Waals surface area contributed by atoms with E-state index >= 15 is 0 Å². The molecule has 614 valence electrons. The molecule has 0 bridgehead atoms. The van der Waals surface area contributed by atoms with E-state index in [4.69, 9.17) is 4.42 Å². The Labute approximate surface area is 716 Å². The molecule has 121 heavy (non-hydrogen) atoms. The van der Waals surface area contributed by atoms with E-state index in [1.54, 1.807) is 6.26 Å². The lowest BCUT2D eigenvalue weighted by Crippen LogP contribution is -2.12. The van der Waals surface area contributed by atoms with E-state index in [0.29, 0.717) is 34.8 Å². The SMILES string of the molecule is CCC1Cc2cccc(-c3ccc(C(C)(C)C)cc3)c2C1=O.CCC1Cc2cccc(-c3cccc4ccccc34)c2C1=O.CCC1Cc2cccc(-c3ccco3)c2C1=O.CCC1Cc2cccc(C3CCCCC3)c2C1=O.CCCC1Cc2cccc(-c3cccc4ccccc34)c2C1=O.CCCC1Cc2cccc(-c3ccccc3)c2C1=O. The number of Topliss-reactive ketones (excluding diaryl/α,β-unsaturated/α-hetero) is 6. The van der Waals surface area contributed by atoms with E-state index in [0.717, 1.165) is 174 Å². The Hall–Kier alpha value is -11.5. The topological polar surface area (TPSA) is 116 Å². The van der Waals surface area contributed by atoms with E-state index in [1.807, 2.05) is 42.5 Å². The first-order chi connectivity index (χ1) is 58.9. The van der Waals surface area contributed by atoms with Gasteiger partial charge in [-0.1, -0.05) is 343 Å². The molecule has 1 saturated carbocycles. The van der Waals surface area contributed by atoms with Crippen LogP contribution in [0.15, 0.2) is 272 Å². The summed E-state index contributed by atoms with van der Waals surface area (Å²) in [6.45, 7) is 19.4. The monoisotopic (exact) mass is 1600 g/mol. The lowest BCUT2D eigenvalue weighted by molar-refractivity contribution is 0.0923. The van der Waals surface area contributed by atoms with Gasteiger partial charge < -0.3 is 4.42 Å². The first kappa shape index (κ1) is 84.5. The Morgan fingerprint density at radius 1 is 0.289 bits per heavy atom. The summed E-state index contributed by atoms with van der Waals surface area (Å²) < 4.78 is 5.41. The van der Waals surface area contributed by atoms with E-state index < -0.39 is 0 Å². The van der Waals surface area contributed by atoms with Crippen molar-refractivity contribution in [1.82, 2.24) is 0 Å². The van der Waals surface area contributed by atoms with Gasteiger partial charge in [0, 0.05) is 74.5 Å². The van der Waals surface area contributed by atoms with Crippen LogP contribution < -0.4 is 0 Å². The van der Waals surface area contributed by atoms with Crippen LogP contribution in [-0.4, -0.2) is 34.7 Å². The summed E-state index contributed by atoms with van der Waals surface area (Å²) in [4.78, 5) is 75.7. The molecule has 20 rings (SSSR count). The largest absolute Gasteiger partial charge is 0.464 e. The lowest BCUT2D eigenvalue weighted by Gasteiger charge is -2.24. The zero-order valence-electron chi connectivity index (χ0n) is 72.2. The van der Waals surface area contributed by atoms with Crippen LogP contribution in [0.4, 0.5) is 0 Å². The third-order valence-corrected chi connectivity index (χ3v) is 26.8. The normalized spacial score (nSPS) is 18.4. The van der Waals surface area contributed by atoms with Crippen LogP contribution in [0.3, 0.4) is 0 Å². The number of hydrogen-bond acceptors (Lipinski definition) is 7. The Bertz CT molecular complexity index is 5930. The number of fused-ring (bicyclic) bond motifs is 8. The first-order valence-corrected chi connectivity index (χ1v) is 45.1. The predicted molar refractivity (Wildman–Crippen MR) is 498 cm³/mol. The number of carbonyl (C=O) groups is 6. The van der Waals surface area contributed by atoms with Gasteiger partial charge in [0.05, 0.1) is 6.26 Å². The van der Waals surface area contributed by atoms with Gasteiger partial charge in [0.2, 0.25) is 0 Å². The molecule has 1 fully saturated rings. The summed E-state index contributed by atoms with van der Waals surface area (Å²) in [6, 6.07) is 89.8. The minimum absolute atomic E-state index is 0.153. The number of benzene rings is 12. The molecule has 6 unspecified atom stereocenters. The summed E-state index contributed by atoms with van der Waals surface area (Å²) in [5, 5.41) is 4.87. The van der Waals surface area contributed by atoms with Crippen molar-refractivity contribution in [2.24, 2.45) is 35.5 Å². The van der Waals surface area contributed by atoms with Gasteiger partial charge in [-0.05, 0) is 224 Å².